The SMILES string of the molecule is CNC(=O)CCN(CC(C)C)c1nc(Cl)ncc1Br.Clc1ncc(Br)c(Cl)n1. The Balaban J connectivity index is 0.000000362. The Morgan fingerprint density at radius 2 is 1.68 bits per heavy atom. The van der Waals surface area contributed by atoms with Crippen molar-refractivity contribution in [3.05, 3.63) is 37.1 Å². The van der Waals surface area contributed by atoms with Crippen molar-refractivity contribution in [1.29, 1.82) is 0 Å². The molecule has 1 N–H and O–H groups in total. The summed E-state index contributed by atoms with van der Waals surface area (Å²) in [5, 5.41) is 3.30. The molecule has 0 aliphatic heterocycles. The molecule has 28 heavy (non-hydrogen) atoms. The van der Waals surface area contributed by atoms with Crippen molar-refractivity contribution in [1.82, 2.24) is 25.3 Å². The Morgan fingerprint density at radius 1 is 1.11 bits per heavy atom. The highest BCUT2D eigenvalue weighted by Crippen LogP contribution is 2.25. The van der Waals surface area contributed by atoms with Crippen molar-refractivity contribution in [3.8, 4) is 0 Å². The molecule has 0 spiro atoms. The van der Waals surface area contributed by atoms with Gasteiger partial charge in [-0.3, -0.25) is 4.79 Å². The van der Waals surface area contributed by atoms with E-state index in [4.69, 9.17) is 34.8 Å². The first kappa shape index (κ1) is 25.3. The lowest BCUT2D eigenvalue weighted by atomic mass is 10.2. The van der Waals surface area contributed by atoms with Gasteiger partial charge in [-0.05, 0) is 61.0 Å². The summed E-state index contributed by atoms with van der Waals surface area (Å²) in [4.78, 5) is 28.9. The highest BCUT2D eigenvalue weighted by Gasteiger charge is 2.15. The van der Waals surface area contributed by atoms with Gasteiger partial charge in [0, 0.05) is 39.0 Å². The van der Waals surface area contributed by atoms with E-state index < -0.39 is 0 Å². The minimum Gasteiger partial charge on any atom is -0.359 e. The summed E-state index contributed by atoms with van der Waals surface area (Å²) < 4.78 is 1.42. The number of halogens is 5. The van der Waals surface area contributed by atoms with Crippen LogP contribution < -0.4 is 10.2 Å². The van der Waals surface area contributed by atoms with E-state index >= 15 is 0 Å². The lowest BCUT2D eigenvalue weighted by Crippen LogP contribution is -2.33. The van der Waals surface area contributed by atoms with Crippen LogP contribution in [0.15, 0.2) is 21.3 Å². The van der Waals surface area contributed by atoms with Gasteiger partial charge < -0.3 is 10.2 Å². The van der Waals surface area contributed by atoms with E-state index in [9.17, 15) is 4.79 Å². The zero-order valence-electron chi connectivity index (χ0n) is 15.4. The fraction of sp³-hybridized carbons (Fsp3) is 0.438. The molecule has 154 valence electrons. The van der Waals surface area contributed by atoms with Crippen molar-refractivity contribution in [3.63, 3.8) is 0 Å². The average Bonchev–Trinajstić information content (AvgIpc) is 2.64. The number of aromatic nitrogens is 4. The second-order valence-corrected chi connectivity index (χ2v) is 8.59. The van der Waals surface area contributed by atoms with Gasteiger partial charge in [0.05, 0.1) is 8.95 Å². The van der Waals surface area contributed by atoms with Gasteiger partial charge >= 0.3 is 0 Å². The smallest absolute Gasteiger partial charge is 0.224 e. The second-order valence-electron chi connectivity index (χ2n) is 5.85. The van der Waals surface area contributed by atoms with Gasteiger partial charge in [0.25, 0.3) is 0 Å². The number of hydrogen-bond donors (Lipinski definition) is 1. The van der Waals surface area contributed by atoms with Crippen LogP contribution in [-0.4, -0.2) is 46.0 Å². The van der Waals surface area contributed by atoms with Crippen molar-refractivity contribution in [2.75, 3.05) is 25.0 Å². The molecule has 2 aromatic heterocycles. The molecule has 0 radical (unpaired) electrons. The van der Waals surface area contributed by atoms with Crippen LogP contribution in [0.1, 0.15) is 20.3 Å². The van der Waals surface area contributed by atoms with E-state index in [1.807, 2.05) is 4.90 Å². The highest BCUT2D eigenvalue weighted by atomic mass is 79.9. The molecule has 2 heterocycles. The molecule has 0 atom stereocenters. The second kappa shape index (κ2) is 12.7. The number of nitrogens with zero attached hydrogens (tertiary/aromatic N) is 5. The van der Waals surface area contributed by atoms with Gasteiger partial charge in [-0.2, -0.15) is 4.98 Å². The van der Waals surface area contributed by atoms with Gasteiger partial charge in [-0.1, -0.05) is 25.4 Å². The zero-order chi connectivity index (χ0) is 21.3. The maximum absolute atomic E-state index is 11.4. The lowest BCUT2D eigenvalue weighted by molar-refractivity contribution is -0.120. The zero-order valence-corrected chi connectivity index (χ0v) is 20.8. The molecular weight excluding hydrogens is 558 g/mol. The molecule has 0 unspecified atom stereocenters. The van der Waals surface area contributed by atoms with Gasteiger partial charge in [0.1, 0.15) is 11.0 Å². The first-order valence-corrected chi connectivity index (χ1v) is 10.8. The Kier molecular flexibility index (Phi) is 11.5. The third-order valence-electron chi connectivity index (χ3n) is 3.14. The minimum atomic E-state index is 0.00466. The van der Waals surface area contributed by atoms with Crippen LogP contribution in [0.4, 0.5) is 5.82 Å². The van der Waals surface area contributed by atoms with E-state index in [2.05, 4.69) is 71.0 Å². The molecule has 2 rings (SSSR count). The van der Waals surface area contributed by atoms with Gasteiger partial charge in [-0.25, -0.2) is 15.0 Å². The largest absolute Gasteiger partial charge is 0.359 e. The minimum absolute atomic E-state index is 0.00466. The molecule has 0 saturated carbocycles. The van der Waals surface area contributed by atoms with Crippen LogP contribution in [0.5, 0.6) is 0 Å². The molecule has 0 aliphatic carbocycles. The number of rotatable bonds is 6. The molecule has 0 aliphatic rings. The summed E-state index contributed by atoms with van der Waals surface area (Å²) in [6.45, 7) is 5.61. The number of anilines is 1. The fourth-order valence-electron chi connectivity index (χ4n) is 1.97. The third-order valence-corrected chi connectivity index (χ3v) is 5.16. The quantitative estimate of drug-likeness (QED) is 0.383. The first-order chi connectivity index (χ1) is 13.1. The molecule has 0 saturated heterocycles. The van der Waals surface area contributed by atoms with E-state index in [0.717, 1.165) is 16.8 Å². The molecule has 1 amide bonds. The fourth-order valence-corrected chi connectivity index (χ4v) is 3.04. The normalized spacial score (nSPS) is 10.3. The Bertz CT molecular complexity index is 797. The summed E-state index contributed by atoms with van der Waals surface area (Å²) in [5.74, 6) is 1.17. The number of hydrogen-bond acceptors (Lipinski definition) is 6. The number of nitrogens with one attached hydrogen (secondary N) is 1. The van der Waals surface area contributed by atoms with Gasteiger partial charge in [0.15, 0.2) is 0 Å². The lowest BCUT2D eigenvalue weighted by Gasteiger charge is -2.26. The standard InChI is InChI=1S/C12H18BrClN4O.C4HBrCl2N2/c1-8(2)7-18(5-4-10(19)15-3)11-9(13)6-16-12(14)17-11;5-2-1-8-4(7)9-3(2)6/h6,8H,4-5,7H2,1-3H3,(H,15,19);1H. The third kappa shape index (κ3) is 9.17. The van der Waals surface area contributed by atoms with Crippen LogP contribution in [0.3, 0.4) is 0 Å². The summed E-state index contributed by atoms with van der Waals surface area (Å²) in [7, 11) is 1.63. The maximum Gasteiger partial charge on any atom is 0.224 e. The van der Waals surface area contributed by atoms with Crippen LogP contribution in [0.2, 0.25) is 15.7 Å². The number of amides is 1. The molecular formula is C16H19Br2Cl3N6O. The Labute approximate surface area is 195 Å². The molecule has 0 fully saturated rings. The highest BCUT2D eigenvalue weighted by molar-refractivity contribution is 9.11. The predicted octanol–water partition coefficient (Wildman–Crippen LogP) is 5.04. The monoisotopic (exact) mass is 574 g/mol. The summed E-state index contributed by atoms with van der Waals surface area (Å²) in [6.07, 6.45) is 3.53. The molecule has 0 aromatic carbocycles. The van der Waals surface area contributed by atoms with Crippen molar-refractivity contribution < 1.29 is 4.79 Å². The first-order valence-electron chi connectivity index (χ1n) is 8.11. The summed E-state index contributed by atoms with van der Waals surface area (Å²) in [6, 6.07) is 0. The molecule has 0 bridgehead atoms. The summed E-state index contributed by atoms with van der Waals surface area (Å²) >= 11 is 23.3. The average molecular weight is 578 g/mol. The van der Waals surface area contributed by atoms with Gasteiger partial charge in [-0.15, -0.1) is 0 Å². The van der Waals surface area contributed by atoms with E-state index in [0.29, 0.717) is 28.5 Å². The predicted molar refractivity (Wildman–Crippen MR) is 120 cm³/mol. The summed E-state index contributed by atoms with van der Waals surface area (Å²) in [5.41, 5.74) is 0. The molecule has 12 heteroatoms. The Morgan fingerprint density at radius 3 is 2.18 bits per heavy atom. The van der Waals surface area contributed by atoms with E-state index in [1.165, 1.54) is 6.20 Å². The number of carbonyl (C=O) groups is 1. The Hall–Kier alpha value is -0.740. The van der Waals surface area contributed by atoms with E-state index in [-0.39, 0.29) is 16.5 Å². The van der Waals surface area contributed by atoms with Crippen LogP contribution in [0.25, 0.3) is 0 Å². The molecule has 2 aromatic rings. The number of carbonyl (C=O) groups excluding carboxylic acids is 1. The van der Waals surface area contributed by atoms with Crippen molar-refractivity contribution in [2.24, 2.45) is 5.92 Å². The molecule has 7 nitrogen and oxygen atoms in total. The van der Waals surface area contributed by atoms with Crippen LogP contribution in [0, 0.1) is 5.92 Å². The van der Waals surface area contributed by atoms with Gasteiger partial charge in [0.2, 0.25) is 16.5 Å². The van der Waals surface area contributed by atoms with Crippen molar-refractivity contribution in [2.45, 2.75) is 20.3 Å². The van der Waals surface area contributed by atoms with E-state index in [1.54, 1.807) is 13.2 Å². The maximum atomic E-state index is 11.4. The van der Waals surface area contributed by atoms with Crippen LogP contribution in [-0.2, 0) is 4.79 Å². The van der Waals surface area contributed by atoms with Crippen molar-refractivity contribution >= 4 is 78.4 Å². The van der Waals surface area contributed by atoms with Crippen LogP contribution >= 0.6 is 66.7 Å². The topological polar surface area (TPSA) is 83.9 Å².